The van der Waals surface area contributed by atoms with Gasteiger partial charge in [0.1, 0.15) is 0 Å². The number of amides is 1. The van der Waals surface area contributed by atoms with Crippen LogP contribution in [0.3, 0.4) is 0 Å². The van der Waals surface area contributed by atoms with Crippen LogP contribution in [0, 0.1) is 0 Å². The fourth-order valence-electron chi connectivity index (χ4n) is 3.27. The van der Waals surface area contributed by atoms with Crippen molar-refractivity contribution in [1.82, 2.24) is 15.6 Å². The number of hydrogen-bond donors (Lipinski definition) is 2. The van der Waals surface area contributed by atoms with Gasteiger partial charge in [0.25, 0.3) is 0 Å². The zero-order chi connectivity index (χ0) is 22.3. The highest BCUT2D eigenvalue weighted by atomic mass is 35.5. The molecule has 2 aromatic rings. The van der Waals surface area contributed by atoms with Gasteiger partial charge in [-0.05, 0) is 49.4 Å². The van der Waals surface area contributed by atoms with Crippen LogP contribution in [-0.2, 0) is 25.9 Å². The molecule has 1 aromatic heterocycles. The summed E-state index contributed by atoms with van der Waals surface area (Å²) < 4.78 is 33.0. The predicted molar refractivity (Wildman–Crippen MR) is 119 cm³/mol. The Bertz CT molecular complexity index is 1060. The SMILES string of the molecule is CCOC1(S(=O)(=O)c2ccc(Cl)cc2)C=CC=CC1NCC(=O)NCc1ccccn1. The molecule has 0 saturated carbocycles. The lowest BCUT2D eigenvalue weighted by Gasteiger charge is -2.37. The summed E-state index contributed by atoms with van der Waals surface area (Å²) in [5, 5.41) is 6.22. The van der Waals surface area contributed by atoms with Crippen molar-refractivity contribution in [2.45, 2.75) is 29.3 Å². The van der Waals surface area contributed by atoms with Crippen molar-refractivity contribution in [3.8, 4) is 0 Å². The minimum atomic E-state index is -3.98. The molecule has 2 atom stereocenters. The number of rotatable bonds is 9. The molecule has 0 bridgehead atoms. The van der Waals surface area contributed by atoms with Crippen LogP contribution in [0.25, 0.3) is 0 Å². The fourth-order valence-corrected chi connectivity index (χ4v) is 5.28. The predicted octanol–water partition coefficient (Wildman–Crippen LogP) is 2.64. The molecule has 1 aromatic carbocycles. The van der Waals surface area contributed by atoms with E-state index in [-0.39, 0.29) is 30.5 Å². The number of pyridine rings is 1. The van der Waals surface area contributed by atoms with Crippen molar-refractivity contribution in [1.29, 1.82) is 0 Å². The number of ether oxygens (including phenoxy) is 1. The van der Waals surface area contributed by atoms with E-state index in [9.17, 15) is 13.2 Å². The highest BCUT2D eigenvalue weighted by molar-refractivity contribution is 7.93. The van der Waals surface area contributed by atoms with Gasteiger partial charge in [-0.1, -0.05) is 35.9 Å². The quantitative estimate of drug-likeness (QED) is 0.595. The third-order valence-electron chi connectivity index (χ3n) is 4.77. The Kier molecular flexibility index (Phi) is 7.61. The van der Waals surface area contributed by atoms with Gasteiger partial charge in [-0.3, -0.25) is 15.1 Å². The number of carbonyl (C=O) groups is 1. The van der Waals surface area contributed by atoms with E-state index in [1.807, 2.05) is 6.07 Å². The largest absolute Gasteiger partial charge is 0.354 e. The second kappa shape index (κ2) is 10.2. The molecule has 0 aliphatic heterocycles. The smallest absolute Gasteiger partial charge is 0.234 e. The zero-order valence-corrected chi connectivity index (χ0v) is 18.6. The van der Waals surface area contributed by atoms with Crippen LogP contribution in [0.2, 0.25) is 5.02 Å². The number of halogens is 1. The van der Waals surface area contributed by atoms with Crippen molar-refractivity contribution in [3.05, 3.63) is 83.7 Å². The molecule has 0 radical (unpaired) electrons. The van der Waals surface area contributed by atoms with E-state index in [2.05, 4.69) is 15.6 Å². The Morgan fingerprint density at radius 3 is 2.65 bits per heavy atom. The maximum absolute atomic E-state index is 13.6. The van der Waals surface area contributed by atoms with E-state index < -0.39 is 20.8 Å². The first kappa shape index (κ1) is 23.1. The average molecular weight is 462 g/mol. The normalized spacial score (nSPS) is 20.5. The standard InChI is InChI=1S/C22H24ClN3O4S/c1-2-30-22(31(28,29)19-11-9-17(23)10-12-19)13-5-3-8-20(22)25-16-21(27)26-15-18-7-4-6-14-24-18/h3-14,20,25H,2,15-16H2,1H3,(H,26,27). The molecule has 1 amide bonds. The van der Waals surface area contributed by atoms with Gasteiger partial charge in [0.05, 0.1) is 29.7 Å². The molecule has 31 heavy (non-hydrogen) atoms. The van der Waals surface area contributed by atoms with Crippen LogP contribution in [0.1, 0.15) is 12.6 Å². The van der Waals surface area contributed by atoms with Gasteiger partial charge in [0.15, 0.2) is 0 Å². The summed E-state index contributed by atoms with van der Waals surface area (Å²) in [5.41, 5.74) is 0.727. The topological polar surface area (TPSA) is 97.4 Å². The number of aromatic nitrogens is 1. The van der Waals surface area contributed by atoms with Gasteiger partial charge in [0, 0.05) is 17.8 Å². The lowest BCUT2D eigenvalue weighted by molar-refractivity contribution is -0.120. The molecule has 7 nitrogen and oxygen atoms in total. The highest BCUT2D eigenvalue weighted by Gasteiger charge is 2.50. The summed E-state index contributed by atoms with van der Waals surface area (Å²) in [5.74, 6) is -0.289. The van der Waals surface area contributed by atoms with Gasteiger partial charge in [-0.25, -0.2) is 8.42 Å². The minimum Gasteiger partial charge on any atom is -0.354 e. The molecule has 2 N–H and O–H groups in total. The van der Waals surface area contributed by atoms with Crippen molar-refractivity contribution in [2.24, 2.45) is 0 Å². The average Bonchev–Trinajstić information content (AvgIpc) is 2.78. The molecule has 0 fully saturated rings. The van der Waals surface area contributed by atoms with Crippen LogP contribution in [0.4, 0.5) is 0 Å². The Morgan fingerprint density at radius 2 is 1.97 bits per heavy atom. The van der Waals surface area contributed by atoms with Crippen molar-refractivity contribution in [3.63, 3.8) is 0 Å². The summed E-state index contributed by atoms with van der Waals surface area (Å²) in [6.45, 7) is 2.07. The minimum absolute atomic E-state index is 0.0803. The van der Waals surface area contributed by atoms with Gasteiger partial charge in [-0.15, -0.1) is 0 Å². The molecule has 9 heteroatoms. The van der Waals surface area contributed by atoms with E-state index in [0.29, 0.717) is 5.02 Å². The van der Waals surface area contributed by atoms with Crippen LogP contribution >= 0.6 is 11.6 Å². The maximum Gasteiger partial charge on any atom is 0.234 e. The number of nitrogens with one attached hydrogen (secondary N) is 2. The molecule has 1 aliphatic rings. The first-order valence-electron chi connectivity index (χ1n) is 9.79. The van der Waals surface area contributed by atoms with Gasteiger partial charge < -0.3 is 10.1 Å². The van der Waals surface area contributed by atoms with Gasteiger partial charge in [-0.2, -0.15) is 0 Å². The lowest BCUT2D eigenvalue weighted by Crippen LogP contribution is -2.57. The van der Waals surface area contributed by atoms with Crippen LogP contribution < -0.4 is 10.6 Å². The Morgan fingerprint density at radius 1 is 1.19 bits per heavy atom. The number of hydrogen-bond acceptors (Lipinski definition) is 6. The third-order valence-corrected chi connectivity index (χ3v) is 7.26. The third kappa shape index (κ3) is 5.22. The molecule has 3 rings (SSSR count). The summed E-state index contributed by atoms with van der Waals surface area (Å²) in [6, 6.07) is 10.6. The zero-order valence-electron chi connectivity index (χ0n) is 17.0. The first-order chi connectivity index (χ1) is 14.9. The number of sulfone groups is 1. The second-order valence-corrected chi connectivity index (χ2v) is 9.36. The molecular weight excluding hydrogens is 438 g/mol. The van der Waals surface area contributed by atoms with E-state index in [1.165, 1.54) is 30.3 Å². The summed E-state index contributed by atoms with van der Waals surface area (Å²) in [6.07, 6.45) is 8.18. The molecular formula is C22H24ClN3O4S. The second-order valence-electron chi connectivity index (χ2n) is 6.81. The molecule has 1 heterocycles. The lowest BCUT2D eigenvalue weighted by atomic mass is 10.0. The summed E-state index contributed by atoms with van der Waals surface area (Å²) >= 11 is 5.92. The number of carbonyl (C=O) groups excluding carboxylic acids is 1. The van der Waals surface area contributed by atoms with Crippen molar-refractivity contribution >= 4 is 27.3 Å². The monoisotopic (exact) mass is 461 g/mol. The molecule has 0 spiro atoms. The Labute approximate surface area is 187 Å². The van der Waals surface area contributed by atoms with Gasteiger partial charge in [0.2, 0.25) is 20.7 Å². The van der Waals surface area contributed by atoms with Crippen LogP contribution in [-0.4, -0.2) is 43.4 Å². The summed E-state index contributed by atoms with van der Waals surface area (Å²) in [7, 11) is -3.98. The molecule has 2 unspecified atom stereocenters. The van der Waals surface area contributed by atoms with E-state index in [1.54, 1.807) is 43.5 Å². The molecule has 1 aliphatic carbocycles. The number of benzene rings is 1. The Balaban J connectivity index is 1.77. The van der Waals surface area contributed by atoms with Gasteiger partial charge >= 0.3 is 0 Å². The van der Waals surface area contributed by atoms with Crippen molar-refractivity contribution in [2.75, 3.05) is 13.2 Å². The molecule has 164 valence electrons. The maximum atomic E-state index is 13.6. The first-order valence-corrected chi connectivity index (χ1v) is 11.7. The Hall–Kier alpha value is -2.52. The van der Waals surface area contributed by atoms with Crippen LogP contribution in [0.5, 0.6) is 0 Å². The van der Waals surface area contributed by atoms with Crippen molar-refractivity contribution < 1.29 is 17.9 Å². The fraction of sp³-hybridized carbons (Fsp3) is 0.273. The number of allylic oxidation sites excluding steroid dienone is 2. The summed E-state index contributed by atoms with van der Waals surface area (Å²) in [4.78, 5) is 14.9. The van der Waals surface area contributed by atoms with E-state index in [0.717, 1.165) is 5.69 Å². The number of nitrogens with zero attached hydrogens (tertiary/aromatic N) is 1. The highest BCUT2D eigenvalue weighted by Crippen LogP contribution is 2.35. The van der Waals surface area contributed by atoms with E-state index in [4.69, 9.17) is 16.3 Å². The molecule has 0 saturated heterocycles. The van der Waals surface area contributed by atoms with Crippen LogP contribution in [0.15, 0.2) is 77.9 Å². The van der Waals surface area contributed by atoms with E-state index >= 15 is 0 Å².